The van der Waals surface area contributed by atoms with Gasteiger partial charge in [0.15, 0.2) is 0 Å². The number of rotatable bonds is 1. The SMILES string of the molecule is C/C(=C\CCl)C(Cl)(Cl)Cl. The van der Waals surface area contributed by atoms with Gasteiger partial charge >= 0.3 is 0 Å². The summed E-state index contributed by atoms with van der Waals surface area (Å²) in [6.07, 6.45) is 1.66. The molecule has 0 aliphatic carbocycles. The van der Waals surface area contributed by atoms with Crippen LogP contribution in [0.1, 0.15) is 6.92 Å². The Bertz CT molecular complexity index is 111. The molecule has 0 spiro atoms. The predicted molar refractivity (Wildman–Crippen MR) is 44.8 cm³/mol. The van der Waals surface area contributed by atoms with Gasteiger partial charge in [-0.3, -0.25) is 0 Å². The van der Waals surface area contributed by atoms with E-state index in [2.05, 4.69) is 0 Å². The second-order valence-electron chi connectivity index (χ2n) is 1.54. The third-order valence-electron chi connectivity index (χ3n) is 0.830. The molecule has 9 heavy (non-hydrogen) atoms. The van der Waals surface area contributed by atoms with Crippen molar-refractivity contribution in [2.75, 3.05) is 5.88 Å². The zero-order chi connectivity index (χ0) is 7.49. The van der Waals surface area contributed by atoms with Crippen LogP contribution >= 0.6 is 46.4 Å². The van der Waals surface area contributed by atoms with E-state index in [0.717, 1.165) is 0 Å². The zero-order valence-electron chi connectivity index (χ0n) is 4.80. The Morgan fingerprint density at radius 3 is 2.00 bits per heavy atom. The van der Waals surface area contributed by atoms with E-state index in [-0.39, 0.29) is 0 Å². The highest BCUT2D eigenvalue weighted by Crippen LogP contribution is 2.33. The first kappa shape index (κ1) is 9.90. The summed E-state index contributed by atoms with van der Waals surface area (Å²) in [6.45, 7) is 1.72. The van der Waals surface area contributed by atoms with Crippen molar-refractivity contribution < 1.29 is 0 Å². The monoisotopic (exact) mass is 206 g/mol. The molecule has 0 aromatic carbocycles. The van der Waals surface area contributed by atoms with Crippen molar-refractivity contribution in [3.8, 4) is 0 Å². The highest BCUT2D eigenvalue weighted by Gasteiger charge is 2.20. The molecule has 0 bridgehead atoms. The second-order valence-corrected chi connectivity index (χ2v) is 4.13. The lowest BCUT2D eigenvalue weighted by Gasteiger charge is -2.09. The molecule has 0 N–H and O–H groups in total. The van der Waals surface area contributed by atoms with Gasteiger partial charge in [-0.2, -0.15) is 0 Å². The van der Waals surface area contributed by atoms with Crippen LogP contribution < -0.4 is 0 Å². The minimum atomic E-state index is -1.30. The summed E-state index contributed by atoms with van der Waals surface area (Å²) in [5.41, 5.74) is 0.655. The lowest BCUT2D eigenvalue weighted by molar-refractivity contribution is 1.23. The maximum atomic E-state index is 5.47. The molecule has 0 fully saturated rings. The fourth-order valence-electron chi connectivity index (χ4n) is 0.231. The van der Waals surface area contributed by atoms with Crippen LogP contribution in [0.15, 0.2) is 11.6 Å². The second kappa shape index (κ2) is 3.92. The first-order chi connectivity index (χ1) is 3.98. The molecular weight excluding hydrogens is 202 g/mol. The summed E-state index contributed by atoms with van der Waals surface area (Å²) in [7, 11) is 0. The number of hydrogen-bond donors (Lipinski definition) is 0. The van der Waals surface area contributed by atoms with Crippen molar-refractivity contribution in [2.45, 2.75) is 10.7 Å². The average molecular weight is 208 g/mol. The highest BCUT2D eigenvalue weighted by atomic mass is 35.6. The maximum absolute atomic E-state index is 5.47. The van der Waals surface area contributed by atoms with E-state index < -0.39 is 3.79 Å². The topological polar surface area (TPSA) is 0 Å². The summed E-state index contributed by atoms with van der Waals surface area (Å²) < 4.78 is -1.30. The lowest BCUT2D eigenvalue weighted by Crippen LogP contribution is -2.03. The molecule has 0 radical (unpaired) electrons. The molecule has 0 heterocycles. The van der Waals surface area contributed by atoms with E-state index in [1.165, 1.54) is 0 Å². The first-order valence-electron chi connectivity index (χ1n) is 2.28. The number of allylic oxidation sites excluding steroid dienone is 2. The predicted octanol–water partition coefficient (Wildman–Crippen LogP) is 3.54. The molecule has 0 aromatic rings. The Hall–Kier alpha value is 0.900. The van der Waals surface area contributed by atoms with Gasteiger partial charge in [-0.15, -0.1) is 11.6 Å². The van der Waals surface area contributed by atoms with Crippen LogP contribution in [0.5, 0.6) is 0 Å². The van der Waals surface area contributed by atoms with E-state index in [4.69, 9.17) is 46.4 Å². The number of hydrogen-bond acceptors (Lipinski definition) is 0. The Labute approximate surface area is 74.7 Å². The summed E-state index contributed by atoms with van der Waals surface area (Å²) in [6, 6.07) is 0. The molecule has 54 valence electrons. The van der Waals surface area contributed by atoms with Crippen LogP contribution in [0.3, 0.4) is 0 Å². The molecule has 0 saturated carbocycles. The summed E-state index contributed by atoms with van der Waals surface area (Å²) in [5, 5.41) is 0. The number of halogens is 4. The van der Waals surface area contributed by atoms with Crippen molar-refractivity contribution in [1.82, 2.24) is 0 Å². The minimum Gasteiger partial charge on any atom is -0.122 e. The van der Waals surface area contributed by atoms with E-state index in [0.29, 0.717) is 11.5 Å². The van der Waals surface area contributed by atoms with Crippen molar-refractivity contribution in [1.29, 1.82) is 0 Å². The average Bonchev–Trinajstić information content (AvgIpc) is 1.64. The smallest absolute Gasteiger partial charge is 0.122 e. The molecule has 0 nitrogen and oxygen atoms in total. The van der Waals surface area contributed by atoms with E-state index in [9.17, 15) is 0 Å². The van der Waals surface area contributed by atoms with Gasteiger partial charge in [-0.1, -0.05) is 40.9 Å². The fraction of sp³-hybridized carbons (Fsp3) is 0.600. The molecule has 4 heteroatoms. The van der Waals surface area contributed by atoms with Crippen molar-refractivity contribution in [3.63, 3.8) is 0 Å². The van der Waals surface area contributed by atoms with Gasteiger partial charge in [0.2, 0.25) is 3.79 Å². The van der Waals surface area contributed by atoms with Crippen LogP contribution in [0.2, 0.25) is 0 Å². The maximum Gasteiger partial charge on any atom is 0.211 e. The van der Waals surface area contributed by atoms with Crippen molar-refractivity contribution in [3.05, 3.63) is 11.6 Å². The van der Waals surface area contributed by atoms with E-state index in [1.54, 1.807) is 13.0 Å². The van der Waals surface area contributed by atoms with E-state index in [1.807, 2.05) is 0 Å². The molecular formula is C5H6Cl4. The molecule has 0 aliphatic heterocycles. The Morgan fingerprint density at radius 1 is 1.44 bits per heavy atom. The Kier molecular flexibility index (Phi) is 4.31. The molecule has 0 atom stereocenters. The number of alkyl halides is 4. The van der Waals surface area contributed by atoms with Crippen LogP contribution in [0.4, 0.5) is 0 Å². The van der Waals surface area contributed by atoms with E-state index >= 15 is 0 Å². The van der Waals surface area contributed by atoms with Crippen LogP contribution in [0, 0.1) is 0 Å². The molecule has 0 saturated heterocycles. The van der Waals surface area contributed by atoms with Gasteiger partial charge in [0, 0.05) is 5.88 Å². The van der Waals surface area contributed by atoms with Crippen molar-refractivity contribution in [2.24, 2.45) is 0 Å². The molecule has 0 aromatic heterocycles. The van der Waals surface area contributed by atoms with Gasteiger partial charge < -0.3 is 0 Å². The first-order valence-corrected chi connectivity index (χ1v) is 3.95. The van der Waals surface area contributed by atoms with Gasteiger partial charge in [0.05, 0.1) is 0 Å². The summed E-state index contributed by atoms with van der Waals surface area (Å²) >= 11 is 21.7. The van der Waals surface area contributed by atoms with Crippen LogP contribution in [-0.4, -0.2) is 9.67 Å². The van der Waals surface area contributed by atoms with Crippen LogP contribution in [0.25, 0.3) is 0 Å². The largest absolute Gasteiger partial charge is 0.211 e. The molecule has 0 rings (SSSR count). The lowest BCUT2D eigenvalue weighted by atomic mass is 10.3. The normalized spacial score (nSPS) is 14.1. The Morgan fingerprint density at radius 2 is 1.89 bits per heavy atom. The summed E-state index contributed by atoms with van der Waals surface area (Å²) in [5.74, 6) is 0.375. The van der Waals surface area contributed by atoms with Crippen LogP contribution in [-0.2, 0) is 0 Å². The fourth-order valence-corrected chi connectivity index (χ4v) is 0.694. The quantitative estimate of drug-likeness (QED) is 0.456. The Balaban J connectivity index is 4.03. The molecule has 0 amide bonds. The minimum absolute atomic E-state index is 0.375. The molecule has 0 aliphatic rings. The summed E-state index contributed by atoms with van der Waals surface area (Å²) in [4.78, 5) is 0. The third-order valence-corrected chi connectivity index (χ3v) is 1.88. The molecule has 0 unspecified atom stereocenters. The zero-order valence-corrected chi connectivity index (χ0v) is 7.82. The third kappa shape index (κ3) is 4.32. The standard InChI is InChI=1S/C5H6Cl4/c1-4(2-3-6)5(7,8)9/h2H,3H2,1H3/b4-2+. The van der Waals surface area contributed by atoms with Gasteiger partial charge in [0.1, 0.15) is 0 Å². The van der Waals surface area contributed by atoms with Gasteiger partial charge in [0.25, 0.3) is 0 Å². The van der Waals surface area contributed by atoms with Gasteiger partial charge in [-0.25, -0.2) is 0 Å². The van der Waals surface area contributed by atoms with Gasteiger partial charge in [-0.05, 0) is 12.5 Å². The van der Waals surface area contributed by atoms with Crippen molar-refractivity contribution >= 4 is 46.4 Å². The highest BCUT2D eigenvalue weighted by molar-refractivity contribution is 6.69.